The average Bonchev–Trinajstić information content (AvgIpc) is 3.42. The van der Waals surface area contributed by atoms with Crippen molar-refractivity contribution in [3.05, 3.63) is 47.8 Å². The number of aromatic nitrogens is 2. The van der Waals surface area contributed by atoms with Crippen LogP contribution in [0.1, 0.15) is 49.0 Å². The lowest BCUT2D eigenvalue weighted by molar-refractivity contribution is -0.116. The zero-order valence-electron chi connectivity index (χ0n) is 19.4. The van der Waals surface area contributed by atoms with E-state index >= 15 is 0 Å². The number of allylic oxidation sites excluding steroid dienone is 2. The number of nitrogens with one attached hydrogen (secondary N) is 1. The van der Waals surface area contributed by atoms with E-state index in [0.29, 0.717) is 35.7 Å². The Morgan fingerprint density at radius 2 is 2.06 bits per heavy atom. The first-order chi connectivity index (χ1) is 15.3. The maximum Gasteiger partial charge on any atom is 0.254 e. The van der Waals surface area contributed by atoms with Crippen LogP contribution in [0.5, 0.6) is 11.5 Å². The Morgan fingerprint density at radius 1 is 1.28 bits per heavy atom. The van der Waals surface area contributed by atoms with Crippen LogP contribution in [-0.4, -0.2) is 46.8 Å². The number of rotatable bonds is 9. The van der Waals surface area contributed by atoms with Gasteiger partial charge in [0.1, 0.15) is 0 Å². The first kappa shape index (κ1) is 23.4. The van der Waals surface area contributed by atoms with Crippen molar-refractivity contribution in [2.75, 3.05) is 19.5 Å². The molecule has 2 aromatic rings. The van der Waals surface area contributed by atoms with Crippen molar-refractivity contribution in [3.63, 3.8) is 0 Å². The molecule has 1 heterocycles. The van der Waals surface area contributed by atoms with Crippen LogP contribution in [0.25, 0.3) is 0 Å². The molecule has 2 amide bonds. The quantitative estimate of drug-likeness (QED) is 0.600. The number of carbonyl (C=O) groups excluding carboxylic acids is 2. The van der Waals surface area contributed by atoms with E-state index in [9.17, 15) is 9.59 Å². The zero-order chi connectivity index (χ0) is 23.3. The van der Waals surface area contributed by atoms with Crippen LogP contribution < -0.4 is 14.8 Å². The van der Waals surface area contributed by atoms with E-state index in [1.165, 1.54) is 14.2 Å². The Kier molecular flexibility index (Phi) is 7.56. The van der Waals surface area contributed by atoms with Gasteiger partial charge in [-0.25, -0.2) is 0 Å². The molecule has 0 bridgehead atoms. The number of hydrogen-bond donors (Lipinski definition) is 1. The number of methoxy groups -OCH3 is 2. The summed E-state index contributed by atoms with van der Waals surface area (Å²) in [7, 11) is 4.87. The van der Waals surface area contributed by atoms with Gasteiger partial charge in [-0.1, -0.05) is 12.2 Å². The molecule has 0 saturated carbocycles. The highest BCUT2D eigenvalue weighted by Crippen LogP contribution is 2.37. The van der Waals surface area contributed by atoms with Gasteiger partial charge in [-0.15, -0.1) is 0 Å². The van der Waals surface area contributed by atoms with E-state index in [1.807, 2.05) is 27.1 Å². The Morgan fingerprint density at radius 3 is 2.62 bits per heavy atom. The van der Waals surface area contributed by atoms with E-state index in [4.69, 9.17) is 9.47 Å². The molecule has 1 aromatic carbocycles. The summed E-state index contributed by atoms with van der Waals surface area (Å²) < 4.78 is 12.7. The molecule has 0 spiro atoms. The molecular formula is C24H32N4O4. The number of anilines is 1. The SMILES string of the molecule is COc1cc(C(=O)N(Cc2cnn(C)c2)C(C)C)cc(NC(=O)CC2C=CCC2)c1OC. The number of carbonyl (C=O) groups is 2. The highest BCUT2D eigenvalue weighted by atomic mass is 16.5. The summed E-state index contributed by atoms with van der Waals surface area (Å²) in [6.07, 6.45) is 10.2. The number of hydrogen-bond acceptors (Lipinski definition) is 5. The predicted molar refractivity (Wildman–Crippen MR) is 123 cm³/mol. The fraction of sp³-hybridized carbons (Fsp3) is 0.458. The van der Waals surface area contributed by atoms with Crippen molar-refractivity contribution in [2.24, 2.45) is 13.0 Å². The molecule has 1 atom stereocenters. The fourth-order valence-corrected chi connectivity index (χ4v) is 3.89. The minimum Gasteiger partial charge on any atom is -0.493 e. The van der Waals surface area contributed by atoms with Gasteiger partial charge in [0.25, 0.3) is 5.91 Å². The second-order valence-electron chi connectivity index (χ2n) is 8.33. The second kappa shape index (κ2) is 10.3. The maximum absolute atomic E-state index is 13.5. The summed E-state index contributed by atoms with van der Waals surface area (Å²) in [6.45, 7) is 4.36. The van der Waals surface area contributed by atoms with Gasteiger partial charge in [0.15, 0.2) is 11.5 Å². The first-order valence-electron chi connectivity index (χ1n) is 10.8. The van der Waals surface area contributed by atoms with Crippen LogP contribution in [0.2, 0.25) is 0 Å². The maximum atomic E-state index is 13.5. The number of nitrogens with zero attached hydrogens (tertiary/aromatic N) is 3. The van der Waals surface area contributed by atoms with E-state index in [1.54, 1.807) is 27.9 Å². The topological polar surface area (TPSA) is 85.7 Å². The normalized spacial score (nSPS) is 15.1. The third kappa shape index (κ3) is 5.49. The third-order valence-electron chi connectivity index (χ3n) is 5.56. The molecule has 8 nitrogen and oxygen atoms in total. The molecule has 8 heteroatoms. The Hall–Kier alpha value is -3.29. The summed E-state index contributed by atoms with van der Waals surface area (Å²) in [4.78, 5) is 27.9. The van der Waals surface area contributed by atoms with Crippen molar-refractivity contribution in [1.82, 2.24) is 14.7 Å². The van der Waals surface area contributed by atoms with E-state index in [2.05, 4.69) is 22.6 Å². The van der Waals surface area contributed by atoms with Crippen molar-refractivity contribution < 1.29 is 19.1 Å². The molecule has 1 unspecified atom stereocenters. The van der Waals surface area contributed by atoms with Crippen LogP contribution in [0.3, 0.4) is 0 Å². The first-order valence-corrected chi connectivity index (χ1v) is 10.8. The van der Waals surface area contributed by atoms with E-state index in [0.717, 1.165) is 18.4 Å². The number of aryl methyl sites for hydroxylation is 1. The minimum atomic E-state index is -0.168. The molecule has 1 aliphatic rings. The molecule has 172 valence electrons. The molecule has 1 N–H and O–H groups in total. The lowest BCUT2D eigenvalue weighted by atomic mass is 10.0. The summed E-state index contributed by atoms with van der Waals surface area (Å²) in [5, 5.41) is 7.11. The Bertz CT molecular complexity index is 996. The Balaban J connectivity index is 1.88. The molecule has 3 rings (SSSR count). The van der Waals surface area contributed by atoms with Crippen molar-refractivity contribution >= 4 is 17.5 Å². The van der Waals surface area contributed by atoms with Crippen LogP contribution in [0, 0.1) is 5.92 Å². The lowest BCUT2D eigenvalue weighted by Crippen LogP contribution is -2.36. The van der Waals surface area contributed by atoms with Crippen molar-refractivity contribution in [1.29, 1.82) is 0 Å². The van der Waals surface area contributed by atoms with Gasteiger partial charge < -0.3 is 19.7 Å². The van der Waals surface area contributed by atoms with E-state index < -0.39 is 0 Å². The van der Waals surface area contributed by atoms with Gasteiger partial charge >= 0.3 is 0 Å². The summed E-state index contributed by atoms with van der Waals surface area (Å²) in [6, 6.07) is 3.27. The molecule has 0 saturated heterocycles. The third-order valence-corrected chi connectivity index (χ3v) is 5.56. The summed E-state index contributed by atoms with van der Waals surface area (Å²) in [5.41, 5.74) is 1.77. The average molecular weight is 441 g/mol. The second-order valence-corrected chi connectivity index (χ2v) is 8.33. The van der Waals surface area contributed by atoms with Crippen LogP contribution in [0.4, 0.5) is 5.69 Å². The lowest BCUT2D eigenvalue weighted by Gasteiger charge is -2.27. The van der Waals surface area contributed by atoms with Crippen LogP contribution in [0.15, 0.2) is 36.7 Å². The van der Waals surface area contributed by atoms with Crippen LogP contribution in [-0.2, 0) is 18.4 Å². The highest BCUT2D eigenvalue weighted by molar-refractivity contribution is 5.99. The Labute approximate surface area is 189 Å². The van der Waals surface area contributed by atoms with Gasteiger partial charge in [-0.3, -0.25) is 14.3 Å². The fourth-order valence-electron chi connectivity index (χ4n) is 3.89. The van der Waals surface area contributed by atoms with Crippen LogP contribution >= 0.6 is 0 Å². The molecule has 1 aromatic heterocycles. The smallest absolute Gasteiger partial charge is 0.254 e. The highest BCUT2D eigenvalue weighted by Gasteiger charge is 2.24. The standard InChI is InChI=1S/C24H32N4O4/c1-16(2)28(15-18-13-25-27(3)14-18)24(30)19-11-20(23(32-5)21(12-19)31-4)26-22(29)10-17-8-6-7-9-17/h6,8,11-14,16-17H,7,9-10,15H2,1-5H3,(H,26,29). The van der Waals surface area contributed by atoms with E-state index in [-0.39, 0.29) is 23.8 Å². The monoisotopic (exact) mass is 440 g/mol. The van der Waals surface area contributed by atoms with Gasteiger partial charge in [0.2, 0.25) is 5.91 Å². The molecule has 0 aliphatic heterocycles. The zero-order valence-corrected chi connectivity index (χ0v) is 19.4. The number of ether oxygens (including phenoxy) is 2. The van der Waals surface area contributed by atoms with Crippen molar-refractivity contribution in [3.8, 4) is 11.5 Å². The van der Waals surface area contributed by atoms with Crippen molar-refractivity contribution in [2.45, 2.75) is 45.7 Å². The predicted octanol–water partition coefficient (Wildman–Crippen LogP) is 3.78. The summed E-state index contributed by atoms with van der Waals surface area (Å²) >= 11 is 0. The van der Waals surface area contributed by atoms with Gasteiger partial charge in [0, 0.05) is 43.4 Å². The van der Waals surface area contributed by atoms with Gasteiger partial charge in [-0.2, -0.15) is 5.10 Å². The molecular weight excluding hydrogens is 408 g/mol. The molecule has 0 fully saturated rings. The molecule has 32 heavy (non-hydrogen) atoms. The van der Waals surface area contributed by atoms with Gasteiger partial charge in [0.05, 0.1) is 26.1 Å². The number of amides is 2. The summed E-state index contributed by atoms with van der Waals surface area (Å²) in [5.74, 6) is 0.729. The minimum absolute atomic E-state index is 0.0389. The molecule has 0 radical (unpaired) electrons. The van der Waals surface area contributed by atoms with Gasteiger partial charge in [-0.05, 0) is 44.7 Å². The molecule has 1 aliphatic carbocycles. The number of benzene rings is 1. The largest absolute Gasteiger partial charge is 0.493 e.